The lowest BCUT2D eigenvalue weighted by atomic mass is 9.78. The Morgan fingerprint density at radius 1 is 0.884 bits per heavy atom. The van der Waals surface area contributed by atoms with Crippen LogP contribution in [0.15, 0.2) is 72.8 Å². The maximum atomic E-state index is 14.6. The summed E-state index contributed by atoms with van der Waals surface area (Å²) >= 11 is 0. The van der Waals surface area contributed by atoms with Crippen LogP contribution in [0.3, 0.4) is 0 Å². The van der Waals surface area contributed by atoms with Crippen LogP contribution in [0.25, 0.3) is 0 Å². The number of nitrogens with zero attached hydrogens (tertiary/aromatic N) is 4. The molecule has 226 valence electrons. The molecule has 2 saturated heterocycles. The van der Waals surface area contributed by atoms with Crippen LogP contribution >= 0.6 is 0 Å². The third kappa shape index (κ3) is 6.10. The molecule has 0 spiro atoms. The van der Waals surface area contributed by atoms with Crippen LogP contribution in [0.2, 0.25) is 0 Å². The number of ether oxygens (including phenoxy) is 2. The zero-order chi connectivity index (χ0) is 29.8. The summed E-state index contributed by atoms with van der Waals surface area (Å²) in [6.45, 7) is 8.72. The average molecular weight is 587 g/mol. The van der Waals surface area contributed by atoms with E-state index in [0.717, 1.165) is 30.0 Å². The highest BCUT2D eigenvalue weighted by molar-refractivity contribution is 6.01. The van der Waals surface area contributed by atoms with E-state index < -0.39 is 12.0 Å². The minimum Gasteiger partial charge on any atom is -0.494 e. The van der Waals surface area contributed by atoms with Crippen molar-refractivity contribution in [3.8, 4) is 5.75 Å². The maximum Gasteiger partial charge on any atom is 0.254 e. The second-order valence-electron chi connectivity index (χ2n) is 11.2. The molecular weight excluding hydrogens is 547 g/mol. The lowest BCUT2D eigenvalue weighted by Crippen LogP contribution is -2.54. The molecule has 6 rings (SSSR count). The van der Waals surface area contributed by atoms with Crippen LogP contribution in [0.1, 0.15) is 40.4 Å². The highest BCUT2D eigenvalue weighted by Gasteiger charge is 2.45. The first-order chi connectivity index (χ1) is 21.0. The number of rotatable bonds is 8. The van der Waals surface area contributed by atoms with Gasteiger partial charge in [-0.25, -0.2) is 4.39 Å². The Kier molecular flexibility index (Phi) is 8.90. The highest BCUT2D eigenvalue weighted by Crippen LogP contribution is 2.44. The van der Waals surface area contributed by atoms with Crippen molar-refractivity contribution in [2.24, 2.45) is 0 Å². The van der Waals surface area contributed by atoms with Gasteiger partial charge in [0, 0.05) is 57.9 Å². The fourth-order valence-electron chi connectivity index (χ4n) is 6.55. The Labute approximate surface area is 252 Å². The van der Waals surface area contributed by atoms with Crippen LogP contribution in [0, 0.1) is 5.82 Å². The van der Waals surface area contributed by atoms with Gasteiger partial charge in [0.15, 0.2) is 0 Å². The van der Waals surface area contributed by atoms with E-state index in [-0.39, 0.29) is 17.6 Å². The number of anilines is 1. The number of morpholine rings is 1. The molecule has 9 heteroatoms. The molecule has 0 aromatic heterocycles. The summed E-state index contributed by atoms with van der Waals surface area (Å²) in [6, 6.07) is 21.6. The molecule has 2 atom stereocenters. The van der Waals surface area contributed by atoms with E-state index in [9.17, 15) is 14.0 Å². The second kappa shape index (κ2) is 13.1. The monoisotopic (exact) mass is 586 g/mol. The van der Waals surface area contributed by atoms with Crippen molar-refractivity contribution in [3.63, 3.8) is 0 Å². The number of benzene rings is 3. The van der Waals surface area contributed by atoms with E-state index in [1.807, 2.05) is 76.2 Å². The van der Waals surface area contributed by atoms with Crippen LogP contribution in [-0.2, 0) is 9.53 Å². The van der Waals surface area contributed by atoms with Gasteiger partial charge < -0.3 is 24.2 Å². The lowest BCUT2D eigenvalue weighted by molar-refractivity contribution is -0.135. The number of para-hydroxylation sites is 1. The molecule has 3 aromatic rings. The predicted octanol–water partition coefficient (Wildman–Crippen LogP) is 4.19. The fourth-order valence-corrected chi connectivity index (χ4v) is 6.55. The third-order valence-corrected chi connectivity index (χ3v) is 8.78. The first kappa shape index (κ1) is 29.1. The molecule has 2 fully saturated rings. The number of piperazine rings is 1. The van der Waals surface area contributed by atoms with Gasteiger partial charge in [0.25, 0.3) is 5.91 Å². The highest BCUT2D eigenvalue weighted by atomic mass is 19.1. The molecule has 0 unspecified atom stereocenters. The van der Waals surface area contributed by atoms with E-state index >= 15 is 0 Å². The smallest absolute Gasteiger partial charge is 0.254 e. The molecule has 0 saturated carbocycles. The third-order valence-electron chi connectivity index (χ3n) is 8.78. The van der Waals surface area contributed by atoms with Crippen molar-refractivity contribution in [1.29, 1.82) is 0 Å². The summed E-state index contributed by atoms with van der Waals surface area (Å²) in [7, 11) is 0. The van der Waals surface area contributed by atoms with Gasteiger partial charge in [0.05, 0.1) is 37.5 Å². The number of hydrogen-bond donors (Lipinski definition) is 0. The van der Waals surface area contributed by atoms with E-state index in [1.54, 1.807) is 12.1 Å². The Balaban J connectivity index is 1.32. The topological polar surface area (TPSA) is 65.6 Å². The lowest BCUT2D eigenvalue weighted by Gasteiger charge is -2.45. The molecule has 3 heterocycles. The van der Waals surface area contributed by atoms with Gasteiger partial charge in [0.1, 0.15) is 11.6 Å². The fraction of sp³-hybridized carbons (Fsp3) is 0.412. The standard InChI is InChI=1S/C34H39FN4O4/c1-2-43-26-13-11-25(12-14-26)32-31(34(41)38-18-16-37(17-19-38)30-10-6-5-9-29(30)35)27-7-3-4-8-28(27)33(40)39(32)20-15-36-21-23-42-24-22-36/h3-14,31-32H,2,15-24H2,1H3/t31-,32+/m0/s1. The van der Waals surface area contributed by atoms with Gasteiger partial charge in [-0.3, -0.25) is 14.5 Å². The van der Waals surface area contributed by atoms with E-state index in [4.69, 9.17) is 9.47 Å². The number of fused-ring (bicyclic) bond motifs is 1. The Bertz CT molecular complexity index is 1420. The van der Waals surface area contributed by atoms with Crippen LogP contribution in [0.5, 0.6) is 5.75 Å². The molecule has 0 aliphatic carbocycles. The van der Waals surface area contributed by atoms with Gasteiger partial charge >= 0.3 is 0 Å². The van der Waals surface area contributed by atoms with Crippen molar-refractivity contribution in [1.82, 2.24) is 14.7 Å². The quantitative estimate of drug-likeness (QED) is 0.395. The minimum absolute atomic E-state index is 0.0107. The predicted molar refractivity (Wildman–Crippen MR) is 163 cm³/mol. The summed E-state index contributed by atoms with van der Waals surface area (Å²) in [5.74, 6) is -0.148. The Morgan fingerprint density at radius 3 is 2.30 bits per heavy atom. The Hall–Kier alpha value is -3.95. The van der Waals surface area contributed by atoms with E-state index in [0.29, 0.717) is 70.3 Å². The van der Waals surface area contributed by atoms with Crippen LogP contribution < -0.4 is 9.64 Å². The molecule has 0 N–H and O–H groups in total. The largest absolute Gasteiger partial charge is 0.494 e. The van der Waals surface area contributed by atoms with Crippen LogP contribution in [0.4, 0.5) is 10.1 Å². The van der Waals surface area contributed by atoms with Crippen molar-refractivity contribution >= 4 is 17.5 Å². The van der Waals surface area contributed by atoms with E-state index in [1.165, 1.54) is 6.07 Å². The number of amides is 2. The summed E-state index contributed by atoms with van der Waals surface area (Å²) in [5.41, 5.74) is 2.80. The average Bonchev–Trinajstić information content (AvgIpc) is 3.05. The zero-order valence-corrected chi connectivity index (χ0v) is 24.7. The molecule has 3 aromatic carbocycles. The molecule has 0 bridgehead atoms. The van der Waals surface area contributed by atoms with Gasteiger partial charge in [-0.05, 0) is 48.4 Å². The summed E-state index contributed by atoms with van der Waals surface area (Å²) < 4.78 is 25.7. The van der Waals surface area contributed by atoms with Crippen molar-refractivity contribution < 1.29 is 23.5 Å². The minimum atomic E-state index is -0.573. The summed E-state index contributed by atoms with van der Waals surface area (Å²) in [6.07, 6.45) is 0. The molecule has 43 heavy (non-hydrogen) atoms. The van der Waals surface area contributed by atoms with Gasteiger partial charge in [-0.1, -0.05) is 42.5 Å². The van der Waals surface area contributed by atoms with Gasteiger partial charge in [0.2, 0.25) is 5.91 Å². The number of hydrogen-bond acceptors (Lipinski definition) is 6. The molecule has 0 radical (unpaired) electrons. The van der Waals surface area contributed by atoms with Crippen molar-refractivity contribution in [2.45, 2.75) is 18.9 Å². The molecule has 3 aliphatic rings. The van der Waals surface area contributed by atoms with Crippen molar-refractivity contribution in [2.75, 3.05) is 77.1 Å². The van der Waals surface area contributed by atoms with Crippen LogP contribution in [-0.4, -0.2) is 98.7 Å². The first-order valence-electron chi connectivity index (χ1n) is 15.3. The van der Waals surface area contributed by atoms with Gasteiger partial charge in [-0.15, -0.1) is 0 Å². The SMILES string of the molecule is CCOc1ccc([C@@H]2[C@@H](C(=O)N3CCN(c4ccccc4F)CC3)c3ccccc3C(=O)N2CCN2CCOCC2)cc1. The first-order valence-corrected chi connectivity index (χ1v) is 15.3. The molecular formula is C34H39FN4O4. The molecule has 3 aliphatic heterocycles. The zero-order valence-electron chi connectivity index (χ0n) is 24.7. The molecule has 8 nitrogen and oxygen atoms in total. The van der Waals surface area contributed by atoms with Gasteiger partial charge in [-0.2, -0.15) is 0 Å². The Morgan fingerprint density at radius 2 is 1.58 bits per heavy atom. The molecule has 2 amide bonds. The van der Waals surface area contributed by atoms with E-state index in [2.05, 4.69) is 4.90 Å². The number of carbonyl (C=O) groups is 2. The second-order valence-corrected chi connectivity index (χ2v) is 11.2. The number of halogens is 1. The van der Waals surface area contributed by atoms with Crippen molar-refractivity contribution in [3.05, 3.63) is 95.3 Å². The summed E-state index contributed by atoms with van der Waals surface area (Å²) in [5, 5.41) is 0. The maximum absolute atomic E-state index is 14.6. The normalized spacial score (nSPS) is 21.1. The summed E-state index contributed by atoms with van der Waals surface area (Å²) in [4.78, 5) is 36.8. The number of carbonyl (C=O) groups excluding carboxylic acids is 2.